The van der Waals surface area contributed by atoms with Gasteiger partial charge in [-0.25, -0.2) is 5.26 Å². The Balaban J connectivity index is 2.69. The molecular weight excluding hydrogens is 241 g/mol. The Kier molecular flexibility index (Phi) is 4.75. The van der Waals surface area contributed by atoms with E-state index in [-0.39, 0.29) is 6.54 Å². The summed E-state index contributed by atoms with van der Waals surface area (Å²) in [7, 11) is 0. The fourth-order valence-corrected chi connectivity index (χ4v) is 1.79. The lowest BCUT2D eigenvalue weighted by atomic mass is 9.94. The summed E-state index contributed by atoms with van der Waals surface area (Å²) in [4.78, 5) is 24.6. The number of carboxylic acids is 2. The van der Waals surface area contributed by atoms with Gasteiger partial charge in [0.2, 0.25) is 0 Å². The van der Waals surface area contributed by atoms with Crippen LogP contribution in [0.5, 0.6) is 0 Å². The highest BCUT2D eigenvalue weighted by atomic mass is 19.2. The predicted molar refractivity (Wildman–Crippen MR) is 48.7 cm³/mol. The first-order chi connectivity index (χ1) is 7.95. The molecule has 0 aromatic rings. The molecule has 9 heteroatoms. The van der Waals surface area contributed by atoms with Gasteiger partial charge in [0.15, 0.2) is 0 Å². The lowest BCUT2D eigenvalue weighted by molar-refractivity contribution is -0.396. The van der Waals surface area contributed by atoms with Crippen molar-refractivity contribution < 1.29 is 39.1 Å². The Morgan fingerprint density at radius 1 is 1.47 bits per heavy atom. The lowest BCUT2D eigenvalue weighted by Crippen LogP contribution is -2.38. The van der Waals surface area contributed by atoms with Gasteiger partial charge in [0, 0.05) is 12.5 Å². The third kappa shape index (κ3) is 3.60. The van der Waals surface area contributed by atoms with Gasteiger partial charge in [-0.1, -0.05) is 0 Å². The number of hydrogen-bond donors (Lipinski definition) is 4. The normalized spacial score (nSPS) is 30.1. The van der Waals surface area contributed by atoms with E-state index in [2.05, 4.69) is 14.9 Å². The molecule has 98 valence electrons. The van der Waals surface area contributed by atoms with Crippen LogP contribution in [-0.2, 0) is 19.2 Å². The first-order valence-corrected chi connectivity index (χ1v) is 4.73. The third-order valence-corrected chi connectivity index (χ3v) is 2.49. The summed E-state index contributed by atoms with van der Waals surface area (Å²) >= 11 is 0. The minimum absolute atomic E-state index is 0.0430. The van der Waals surface area contributed by atoms with Crippen molar-refractivity contribution in [3.05, 3.63) is 0 Å². The van der Waals surface area contributed by atoms with Crippen LogP contribution in [0.3, 0.4) is 0 Å². The zero-order chi connectivity index (χ0) is 13.0. The second-order valence-corrected chi connectivity index (χ2v) is 3.54. The Hall–Kier alpha value is -1.29. The van der Waals surface area contributed by atoms with Gasteiger partial charge >= 0.3 is 18.5 Å². The number of halogens is 1. The quantitative estimate of drug-likeness (QED) is 0.277. The Bertz CT molecular complexity index is 300. The summed E-state index contributed by atoms with van der Waals surface area (Å²) < 4.78 is 17.1. The maximum Gasteiger partial charge on any atom is 0.337 e. The van der Waals surface area contributed by atoms with E-state index in [1.807, 2.05) is 0 Å². The number of aliphatic carboxylic acids is 2. The highest BCUT2D eigenvalue weighted by Gasteiger charge is 2.43. The maximum absolute atomic E-state index is 12.6. The monoisotopic (exact) mass is 253 g/mol. The SMILES string of the molecule is O=C(O)C[C@@H]1[C@@H](C(=O)O)NC[C@H]1OC(F)OO. The van der Waals surface area contributed by atoms with Crippen LogP contribution in [0.25, 0.3) is 0 Å². The molecule has 0 bridgehead atoms. The molecule has 1 aliphatic heterocycles. The van der Waals surface area contributed by atoms with Gasteiger partial charge in [-0.15, -0.1) is 0 Å². The van der Waals surface area contributed by atoms with E-state index in [4.69, 9.17) is 15.5 Å². The van der Waals surface area contributed by atoms with Crippen LogP contribution in [0.4, 0.5) is 4.39 Å². The molecular formula is C8H12FNO7. The van der Waals surface area contributed by atoms with Crippen molar-refractivity contribution in [3.8, 4) is 0 Å². The number of carboxylic acid groups (broad SMARTS) is 2. The van der Waals surface area contributed by atoms with Crippen molar-refractivity contribution in [1.29, 1.82) is 0 Å². The van der Waals surface area contributed by atoms with Crippen LogP contribution >= 0.6 is 0 Å². The lowest BCUT2D eigenvalue weighted by Gasteiger charge is -2.20. The van der Waals surface area contributed by atoms with Gasteiger partial charge in [0.1, 0.15) is 6.04 Å². The molecule has 1 rings (SSSR count). The molecule has 1 unspecified atom stereocenters. The summed E-state index contributed by atoms with van der Waals surface area (Å²) in [5.41, 5.74) is 0. The second-order valence-electron chi connectivity index (χ2n) is 3.54. The largest absolute Gasteiger partial charge is 0.481 e. The van der Waals surface area contributed by atoms with Gasteiger partial charge in [-0.2, -0.15) is 9.28 Å². The Morgan fingerprint density at radius 3 is 2.59 bits per heavy atom. The number of alkyl halides is 1. The number of ether oxygens (including phenoxy) is 1. The molecule has 0 spiro atoms. The minimum atomic E-state index is -2.44. The first kappa shape index (κ1) is 13.8. The summed E-state index contributed by atoms with van der Waals surface area (Å²) in [6.07, 6.45) is -1.50. The number of carbonyl (C=O) groups is 2. The second kappa shape index (κ2) is 5.87. The minimum Gasteiger partial charge on any atom is -0.481 e. The van der Waals surface area contributed by atoms with E-state index < -0.39 is 43.0 Å². The van der Waals surface area contributed by atoms with E-state index in [1.165, 1.54) is 0 Å². The van der Waals surface area contributed by atoms with Crippen molar-refractivity contribution in [2.24, 2.45) is 5.92 Å². The number of nitrogens with one attached hydrogen (secondary N) is 1. The average Bonchev–Trinajstić information content (AvgIpc) is 2.60. The molecule has 1 aliphatic rings. The molecule has 0 aromatic carbocycles. The fourth-order valence-electron chi connectivity index (χ4n) is 1.79. The molecule has 0 aliphatic carbocycles. The molecule has 0 amide bonds. The Labute approximate surface area is 94.9 Å². The van der Waals surface area contributed by atoms with Gasteiger partial charge < -0.3 is 20.3 Å². The molecule has 1 heterocycles. The predicted octanol–water partition coefficient (Wildman–Crippen LogP) is -0.738. The Morgan fingerprint density at radius 2 is 2.12 bits per heavy atom. The summed E-state index contributed by atoms with van der Waals surface area (Å²) in [5.74, 6) is -3.42. The van der Waals surface area contributed by atoms with Crippen LogP contribution in [-0.4, -0.2) is 52.6 Å². The standard InChI is InChI=1S/C8H12FNO7/c9-8(17-15)16-4-2-10-6(7(13)14)3(4)1-5(11)12/h3-4,6,8,10,15H,1-2H2,(H,11,12)(H,13,14)/t3-,4+,6-,8?/m0/s1. The topological polar surface area (TPSA) is 125 Å². The zero-order valence-electron chi connectivity index (χ0n) is 8.58. The molecule has 0 radical (unpaired) electrons. The number of rotatable bonds is 6. The highest BCUT2D eigenvalue weighted by molar-refractivity contribution is 5.76. The molecule has 17 heavy (non-hydrogen) atoms. The maximum atomic E-state index is 12.6. The van der Waals surface area contributed by atoms with Crippen molar-refractivity contribution in [3.63, 3.8) is 0 Å². The van der Waals surface area contributed by atoms with E-state index in [9.17, 15) is 14.0 Å². The van der Waals surface area contributed by atoms with Crippen molar-refractivity contribution >= 4 is 11.9 Å². The fraction of sp³-hybridized carbons (Fsp3) is 0.750. The summed E-state index contributed by atoms with van der Waals surface area (Å²) in [6.45, 7) is -2.48. The van der Waals surface area contributed by atoms with E-state index in [0.717, 1.165) is 0 Å². The van der Waals surface area contributed by atoms with Gasteiger partial charge in [-0.05, 0) is 0 Å². The number of hydrogen-bond acceptors (Lipinski definition) is 6. The van der Waals surface area contributed by atoms with Crippen LogP contribution in [0, 0.1) is 5.92 Å². The average molecular weight is 253 g/mol. The van der Waals surface area contributed by atoms with E-state index in [1.54, 1.807) is 0 Å². The van der Waals surface area contributed by atoms with Gasteiger partial charge in [0.05, 0.1) is 12.5 Å². The van der Waals surface area contributed by atoms with Crippen molar-refractivity contribution in [2.45, 2.75) is 25.1 Å². The van der Waals surface area contributed by atoms with E-state index in [0.29, 0.717) is 0 Å². The first-order valence-electron chi connectivity index (χ1n) is 4.73. The molecule has 4 atom stereocenters. The summed E-state index contributed by atoms with van der Waals surface area (Å²) in [6, 6.07) is -1.14. The molecule has 4 N–H and O–H groups in total. The van der Waals surface area contributed by atoms with Crippen LogP contribution < -0.4 is 5.32 Å². The van der Waals surface area contributed by atoms with Gasteiger partial charge in [0.25, 0.3) is 0 Å². The van der Waals surface area contributed by atoms with Crippen LogP contribution in [0.2, 0.25) is 0 Å². The third-order valence-electron chi connectivity index (χ3n) is 2.49. The van der Waals surface area contributed by atoms with Crippen molar-refractivity contribution in [1.82, 2.24) is 5.32 Å². The zero-order valence-corrected chi connectivity index (χ0v) is 8.58. The molecule has 0 aromatic heterocycles. The molecule has 8 nitrogen and oxygen atoms in total. The van der Waals surface area contributed by atoms with E-state index >= 15 is 0 Å². The van der Waals surface area contributed by atoms with Crippen LogP contribution in [0.1, 0.15) is 6.42 Å². The van der Waals surface area contributed by atoms with Crippen molar-refractivity contribution in [2.75, 3.05) is 6.54 Å². The highest BCUT2D eigenvalue weighted by Crippen LogP contribution is 2.24. The smallest absolute Gasteiger partial charge is 0.337 e. The van der Waals surface area contributed by atoms with Gasteiger partial charge in [-0.3, -0.25) is 9.59 Å². The molecule has 1 saturated heterocycles. The van der Waals surface area contributed by atoms with Crippen LogP contribution in [0.15, 0.2) is 0 Å². The summed E-state index contributed by atoms with van der Waals surface area (Å²) in [5, 5.41) is 27.9. The molecule has 0 saturated carbocycles. The molecule has 1 fully saturated rings.